The summed E-state index contributed by atoms with van der Waals surface area (Å²) in [5.74, 6) is -0.311. The summed E-state index contributed by atoms with van der Waals surface area (Å²) in [5.41, 5.74) is 1.27. The van der Waals surface area contributed by atoms with Crippen LogP contribution in [0.3, 0.4) is 0 Å². The van der Waals surface area contributed by atoms with E-state index in [0.717, 1.165) is 5.56 Å². The van der Waals surface area contributed by atoms with Crippen molar-refractivity contribution in [1.29, 1.82) is 0 Å². The summed E-state index contributed by atoms with van der Waals surface area (Å²) in [7, 11) is 1.31. The van der Waals surface area contributed by atoms with Crippen molar-refractivity contribution in [2.75, 3.05) is 13.7 Å². The molecule has 2 aromatic rings. The van der Waals surface area contributed by atoms with Gasteiger partial charge in [-0.2, -0.15) is 0 Å². The molecule has 1 amide bonds. The predicted octanol–water partition coefficient (Wildman–Crippen LogP) is 3.38. The van der Waals surface area contributed by atoms with Crippen LogP contribution in [0.1, 0.15) is 28.9 Å². The fraction of sp³-hybridized carbons (Fsp3) is 0.222. The minimum absolute atomic E-state index is 0.157. The average Bonchev–Trinajstić information content (AvgIpc) is 2.59. The lowest BCUT2D eigenvalue weighted by Gasteiger charge is -2.15. The lowest BCUT2D eigenvalue weighted by atomic mass is 10.1. The second-order valence-corrected chi connectivity index (χ2v) is 5.59. The van der Waals surface area contributed by atoms with Crippen LogP contribution in [0.15, 0.2) is 48.5 Å². The third-order valence-electron chi connectivity index (χ3n) is 3.35. The van der Waals surface area contributed by atoms with Crippen LogP contribution in [-0.4, -0.2) is 25.6 Å². The van der Waals surface area contributed by atoms with Crippen LogP contribution in [0, 0.1) is 0 Å². The van der Waals surface area contributed by atoms with E-state index in [2.05, 4.69) is 10.1 Å². The first-order valence-corrected chi connectivity index (χ1v) is 7.73. The molecule has 0 saturated carbocycles. The zero-order valence-corrected chi connectivity index (χ0v) is 14.2. The van der Waals surface area contributed by atoms with Gasteiger partial charge in [-0.05, 0) is 42.8 Å². The Balaban J connectivity index is 1.90. The molecule has 1 atom stereocenters. The standard InChI is InChI=1S/C18H18ClNO4/c1-12(13-5-3-7-15(19)9-13)20-17(21)11-24-16-8-4-6-14(10-16)18(22)23-2/h3-10,12H,11H2,1-2H3,(H,20,21)/t12-/m1/s1. The number of halogens is 1. The number of hydrogen-bond acceptors (Lipinski definition) is 4. The van der Waals surface area contributed by atoms with Crippen LogP contribution in [0.25, 0.3) is 0 Å². The summed E-state index contributed by atoms with van der Waals surface area (Å²) in [5, 5.41) is 3.44. The van der Waals surface area contributed by atoms with Crippen molar-refractivity contribution in [3.63, 3.8) is 0 Å². The number of carbonyl (C=O) groups is 2. The Morgan fingerprint density at radius 2 is 1.92 bits per heavy atom. The second-order valence-electron chi connectivity index (χ2n) is 5.15. The van der Waals surface area contributed by atoms with E-state index in [1.54, 1.807) is 30.3 Å². The highest BCUT2D eigenvalue weighted by molar-refractivity contribution is 6.30. The third-order valence-corrected chi connectivity index (χ3v) is 3.59. The van der Waals surface area contributed by atoms with Gasteiger partial charge in [0.05, 0.1) is 18.7 Å². The predicted molar refractivity (Wildman–Crippen MR) is 91.3 cm³/mol. The number of benzene rings is 2. The minimum atomic E-state index is -0.459. The lowest BCUT2D eigenvalue weighted by Crippen LogP contribution is -2.31. The molecule has 1 N–H and O–H groups in total. The molecule has 0 heterocycles. The summed E-state index contributed by atoms with van der Waals surface area (Å²) in [6.07, 6.45) is 0. The van der Waals surface area contributed by atoms with E-state index in [1.165, 1.54) is 13.2 Å². The normalized spacial score (nSPS) is 11.5. The molecule has 0 aliphatic rings. The summed E-state index contributed by atoms with van der Waals surface area (Å²) >= 11 is 5.94. The van der Waals surface area contributed by atoms with Crippen molar-refractivity contribution in [2.45, 2.75) is 13.0 Å². The fourth-order valence-electron chi connectivity index (χ4n) is 2.12. The zero-order valence-electron chi connectivity index (χ0n) is 13.4. The number of hydrogen-bond donors (Lipinski definition) is 1. The molecule has 24 heavy (non-hydrogen) atoms. The fourth-order valence-corrected chi connectivity index (χ4v) is 2.32. The first-order chi connectivity index (χ1) is 11.5. The summed E-state index contributed by atoms with van der Waals surface area (Å²) < 4.78 is 10.1. The van der Waals surface area contributed by atoms with Gasteiger partial charge in [0, 0.05) is 5.02 Å². The van der Waals surface area contributed by atoms with E-state index >= 15 is 0 Å². The molecule has 0 aromatic heterocycles. The number of nitrogens with one attached hydrogen (secondary N) is 1. The zero-order chi connectivity index (χ0) is 17.5. The monoisotopic (exact) mass is 347 g/mol. The van der Waals surface area contributed by atoms with E-state index in [9.17, 15) is 9.59 Å². The third kappa shape index (κ3) is 4.99. The van der Waals surface area contributed by atoms with Gasteiger partial charge in [-0.1, -0.05) is 29.8 Å². The Bertz CT molecular complexity index is 732. The van der Waals surface area contributed by atoms with Gasteiger partial charge in [0.15, 0.2) is 6.61 Å². The first kappa shape index (κ1) is 17.8. The largest absolute Gasteiger partial charge is 0.484 e. The van der Waals surface area contributed by atoms with Gasteiger partial charge in [0.1, 0.15) is 5.75 Å². The number of methoxy groups -OCH3 is 1. The molecular formula is C18H18ClNO4. The van der Waals surface area contributed by atoms with Gasteiger partial charge >= 0.3 is 5.97 Å². The summed E-state index contributed by atoms with van der Waals surface area (Å²) in [6, 6.07) is 13.6. The van der Waals surface area contributed by atoms with E-state index in [1.807, 2.05) is 19.1 Å². The Hall–Kier alpha value is -2.53. The van der Waals surface area contributed by atoms with Crippen molar-refractivity contribution in [1.82, 2.24) is 5.32 Å². The molecule has 126 valence electrons. The van der Waals surface area contributed by atoms with Crippen LogP contribution >= 0.6 is 11.6 Å². The molecule has 2 rings (SSSR count). The van der Waals surface area contributed by atoms with Gasteiger partial charge in [-0.25, -0.2) is 4.79 Å². The smallest absolute Gasteiger partial charge is 0.337 e. The van der Waals surface area contributed by atoms with Gasteiger partial charge in [0.25, 0.3) is 5.91 Å². The number of amides is 1. The van der Waals surface area contributed by atoms with E-state index in [0.29, 0.717) is 16.3 Å². The Morgan fingerprint density at radius 3 is 2.62 bits per heavy atom. The highest BCUT2D eigenvalue weighted by Gasteiger charge is 2.11. The summed E-state index contributed by atoms with van der Waals surface area (Å²) in [6.45, 7) is 1.71. The van der Waals surface area contributed by atoms with E-state index in [4.69, 9.17) is 16.3 Å². The van der Waals surface area contributed by atoms with Crippen LogP contribution < -0.4 is 10.1 Å². The van der Waals surface area contributed by atoms with Crippen LogP contribution in [0.4, 0.5) is 0 Å². The molecule has 0 radical (unpaired) electrons. The highest BCUT2D eigenvalue weighted by Crippen LogP contribution is 2.17. The maximum absolute atomic E-state index is 12.0. The van der Waals surface area contributed by atoms with Crippen molar-refractivity contribution >= 4 is 23.5 Å². The number of carbonyl (C=O) groups excluding carboxylic acids is 2. The molecule has 0 fully saturated rings. The SMILES string of the molecule is COC(=O)c1cccc(OCC(=O)N[C@H](C)c2cccc(Cl)c2)c1. The average molecular weight is 348 g/mol. The molecule has 2 aromatic carbocycles. The second kappa shape index (κ2) is 8.36. The molecule has 0 spiro atoms. The molecule has 6 heteroatoms. The Morgan fingerprint density at radius 1 is 1.17 bits per heavy atom. The van der Waals surface area contributed by atoms with Gasteiger partial charge in [-0.3, -0.25) is 4.79 Å². The molecule has 0 aliphatic heterocycles. The van der Waals surface area contributed by atoms with Crippen LogP contribution in [0.2, 0.25) is 5.02 Å². The first-order valence-electron chi connectivity index (χ1n) is 7.35. The van der Waals surface area contributed by atoms with Crippen molar-refractivity contribution < 1.29 is 19.1 Å². The van der Waals surface area contributed by atoms with Gasteiger partial charge in [0.2, 0.25) is 0 Å². The Labute approximate surface area is 145 Å². The van der Waals surface area contributed by atoms with Crippen molar-refractivity contribution in [3.8, 4) is 5.75 Å². The lowest BCUT2D eigenvalue weighted by molar-refractivity contribution is -0.123. The molecule has 0 aliphatic carbocycles. The maximum Gasteiger partial charge on any atom is 0.337 e. The number of rotatable bonds is 6. The van der Waals surface area contributed by atoms with Crippen molar-refractivity contribution in [3.05, 3.63) is 64.7 Å². The molecule has 0 bridgehead atoms. The molecule has 0 saturated heterocycles. The van der Waals surface area contributed by atoms with E-state index < -0.39 is 5.97 Å². The summed E-state index contributed by atoms with van der Waals surface area (Å²) in [4.78, 5) is 23.5. The maximum atomic E-state index is 12.0. The van der Waals surface area contributed by atoms with Crippen LogP contribution in [-0.2, 0) is 9.53 Å². The van der Waals surface area contributed by atoms with Crippen LogP contribution in [0.5, 0.6) is 5.75 Å². The van der Waals surface area contributed by atoms with E-state index in [-0.39, 0.29) is 18.6 Å². The number of esters is 1. The molecular weight excluding hydrogens is 330 g/mol. The topological polar surface area (TPSA) is 64.6 Å². The van der Waals surface area contributed by atoms with Crippen molar-refractivity contribution in [2.24, 2.45) is 0 Å². The van der Waals surface area contributed by atoms with Gasteiger partial charge in [-0.15, -0.1) is 0 Å². The number of ether oxygens (including phenoxy) is 2. The molecule has 0 unspecified atom stereocenters. The quantitative estimate of drug-likeness (QED) is 0.813. The highest BCUT2D eigenvalue weighted by atomic mass is 35.5. The van der Waals surface area contributed by atoms with Gasteiger partial charge < -0.3 is 14.8 Å². The Kier molecular flexibility index (Phi) is 6.21. The minimum Gasteiger partial charge on any atom is -0.484 e. The molecule has 5 nitrogen and oxygen atoms in total.